The molecule has 2 fully saturated rings. The Kier molecular flexibility index (Phi) is 0.928. The molecule has 2 aliphatic heterocycles. The zero-order valence-corrected chi connectivity index (χ0v) is 5.85. The first kappa shape index (κ1) is 5.65. The number of methoxy groups -OCH3 is 1. The number of rotatable bonds is 2. The van der Waals surface area contributed by atoms with Crippen molar-refractivity contribution in [2.45, 2.75) is 18.8 Å². The zero-order valence-electron chi connectivity index (χ0n) is 5.85. The smallest absolute Gasteiger partial charge is 0.132 e. The summed E-state index contributed by atoms with van der Waals surface area (Å²) >= 11 is 0. The summed E-state index contributed by atoms with van der Waals surface area (Å²) in [6, 6.07) is 0. The number of ether oxygens (including phenoxy) is 1. The minimum atomic E-state index is 0.0637. The molecule has 2 saturated heterocycles. The van der Waals surface area contributed by atoms with Crippen LogP contribution < -0.4 is 5.32 Å². The summed E-state index contributed by atoms with van der Waals surface area (Å²) in [5, 5.41) is 3.23. The number of nitrogens with one attached hydrogen (secondary N) is 1. The van der Waals surface area contributed by atoms with Gasteiger partial charge in [-0.05, 0) is 6.92 Å². The monoisotopic (exact) mass is 128 g/mol. The van der Waals surface area contributed by atoms with E-state index in [9.17, 15) is 0 Å². The Hall–Kier alpha value is -0.120. The van der Waals surface area contributed by atoms with Crippen LogP contribution in [0.25, 0.3) is 0 Å². The topological polar surface area (TPSA) is 34.2 Å². The van der Waals surface area contributed by atoms with Gasteiger partial charge in [-0.2, -0.15) is 0 Å². The van der Waals surface area contributed by atoms with E-state index in [1.165, 1.54) is 0 Å². The minimum absolute atomic E-state index is 0.0637. The van der Waals surface area contributed by atoms with Crippen LogP contribution in [0.1, 0.15) is 6.92 Å². The molecule has 2 aliphatic rings. The maximum Gasteiger partial charge on any atom is 0.132 e. The summed E-state index contributed by atoms with van der Waals surface area (Å²) in [6.45, 7) is 4.34. The molecule has 0 aromatic carbocycles. The first-order chi connectivity index (χ1) is 4.26. The van der Waals surface area contributed by atoms with Gasteiger partial charge in [0.2, 0.25) is 0 Å². The molecular weight excluding hydrogens is 116 g/mol. The molecule has 0 saturated carbocycles. The highest BCUT2D eigenvalue weighted by Gasteiger charge is 2.55. The molecule has 0 aromatic heterocycles. The van der Waals surface area contributed by atoms with E-state index in [0.717, 1.165) is 13.1 Å². The average molecular weight is 128 g/mol. The Balaban J connectivity index is 1.92. The van der Waals surface area contributed by atoms with Crippen molar-refractivity contribution in [2.24, 2.45) is 0 Å². The van der Waals surface area contributed by atoms with Gasteiger partial charge in [0.1, 0.15) is 5.72 Å². The summed E-state index contributed by atoms with van der Waals surface area (Å²) in [6.07, 6.45) is 0.620. The quantitative estimate of drug-likeness (QED) is 0.513. The van der Waals surface area contributed by atoms with E-state index >= 15 is 0 Å². The maximum absolute atomic E-state index is 5.25. The van der Waals surface area contributed by atoms with Crippen molar-refractivity contribution in [1.29, 1.82) is 0 Å². The maximum atomic E-state index is 5.25. The summed E-state index contributed by atoms with van der Waals surface area (Å²) in [4.78, 5) is 2.31. The third kappa shape index (κ3) is 0.764. The molecule has 0 radical (unpaired) electrons. The first-order valence-electron chi connectivity index (χ1n) is 3.31. The Bertz CT molecular complexity index is 135. The van der Waals surface area contributed by atoms with Crippen molar-refractivity contribution in [1.82, 2.24) is 10.2 Å². The lowest BCUT2D eigenvalue weighted by Gasteiger charge is -2.07. The molecule has 3 unspecified atom stereocenters. The number of nitrogens with zero attached hydrogens (tertiary/aromatic N) is 1. The summed E-state index contributed by atoms with van der Waals surface area (Å²) in [5.74, 6) is 0. The van der Waals surface area contributed by atoms with Crippen LogP contribution in [0.4, 0.5) is 0 Å². The van der Waals surface area contributed by atoms with Crippen molar-refractivity contribution in [3.8, 4) is 0 Å². The normalized spacial score (nSPS) is 55.3. The largest absolute Gasteiger partial charge is 0.363 e. The van der Waals surface area contributed by atoms with E-state index < -0.39 is 0 Å². The fourth-order valence-corrected chi connectivity index (χ4v) is 1.18. The van der Waals surface area contributed by atoms with Gasteiger partial charge in [0, 0.05) is 20.2 Å². The highest BCUT2D eigenvalue weighted by atomic mass is 16.5. The minimum Gasteiger partial charge on any atom is -0.363 e. The highest BCUT2D eigenvalue weighted by molar-refractivity contribution is 5.03. The Labute approximate surface area is 55.0 Å². The summed E-state index contributed by atoms with van der Waals surface area (Å²) < 4.78 is 5.25. The molecule has 0 spiro atoms. The van der Waals surface area contributed by atoms with Gasteiger partial charge in [0.25, 0.3) is 0 Å². The lowest BCUT2D eigenvalue weighted by atomic mass is 10.5. The van der Waals surface area contributed by atoms with E-state index in [1.807, 2.05) is 0 Å². The molecule has 0 aliphatic carbocycles. The molecule has 3 nitrogen and oxygen atoms in total. The van der Waals surface area contributed by atoms with E-state index in [1.54, 1.807) is 7.11 Å². The second kappa shape index (κ2) is 1.48. The standard InChI is InChI=1S/C6H12N2O/c1-6(9-2)4-8(6)5-3-7-5/h5,7H,3-4H2,1-2H3. The van der Waals surface area contributed by atoms with Gasteiger partial charge >= 0.3 is 0 Å². The molecule has 2 rings (SSSR count). The van der Waals surface area contributed by atoms with E-state index in [-0.39, 0.29) is 5.72 Å². The van der Waals surface area contributed by atoms with Crippen LogP contribution in [0.3, 0.4) is 0 Å². The lowest BCUT2D eigenvalue weighted by molar-refractivity contribution is 0.0456. The summed E-state index contributed by atoms with van der Waals surface area (Å²) in [7, 11) is 1.77. The van der Waals surface area contributed by atoms with Crippen molar-refractivity contribution in [3.63, 3.8) is 0 Å². The fraction of sp³-hybridized carbons (Fsp3) is 1.00. The molecular formula is C6H12N2O. The molecule has 0 amide bonds. The van der Waals surface area contributed by atoms with Gasteiger partial charge in [0.15, 0.2) is 0 Å². The van der Waals surface area contributed by atoms with Crippen LogP contribution in [0.5, 0.6) is 0 Å². The molecule has 2 heterocycles. The fourth-order valence-electron chi connectivity index (χ4n) is 1.18. The Morgan fingerprint density at radius 1 is 1.78 bits per heavy atom. The zero-order chi connectivity index (χ0) is 6.48. The van der Waals surface area contributed by atoms with Gasteiger partial charge in [-0.3, -0.25) is 10.2 Å². The molecule has 9 heavy (non-hydrogen) atoms. The van der Waals surface area contributed by atoms with Crippen LogP contribution >= 0.6 is 0 Å². The van der Waals surface area contributed by atoms with E-state index in [2.05, 4.69) is 17.1 Å². The van der Waals surface area contributed by atoms with Gasteiger partial charge in [-0.1, -0.05) is 0 Å². The van der Waals surface area contributed by atoms with Crippen LogP contribution in [0, 0.1) is 0 Å². The average Bonchev–Trinajstić information content (AvgIpc) is 2.60. The van der Waals surface area contributed by atoms with Gasteiger partial charge in [-0.25, -0.2) is 0 Å². The van der Waals surface area contributed by atoms with Gasteiger partial charge in [0.05, 0.1) is 6.17 Å². The van der Waals surface area contributed by atoms with Crippen LogP contribution in [-0.2, 0) is 4.74 Å². The van der Waals surface area contributed by atoms with Crippen LogP contribution in [0.2, 0.25) is 0 Å². The SMILES string of the molecule is COC1(C)CN1C1CN1. The second-order valence-electron chi connectivity index (χ2n) is 2.93. The van der Waals surface area contributed by atoms with Crippen molar-refractivity contribution >= 4 is 0 Å². The lowest BCUT2D eigenvalue weighted by Crippen LogP contribution is -2.19. The summed E-state index contributed by atoms with van der Waals surface area (Å²) in [5.41, 5.74) is 0.0637. The highest BCUT2D eigenvalue weighted by Crippen LogP contribution is 2.36. The molecule has 0 bridgehead atoms. The molecule has 1 N–H and O–H groups in total. The van der Waals surface area contributed by atoms with Crippen molar-refractivity contribution < 1.29 is 4.74 Å². The van der Waals surface area contributed by atoms with Gasteiger partial charge < -0.3 is 4.74 Å². The van der Waals surface area contributed by atoms with Crippen LogP contribution in [-0.4, -0.2) is 37.0 Å². The van der Waals surface area contributed by atoms with Crippen molar-refractivity contribution in [2.75, 3.05) is 20.2 Å². The van der Waals surface area contributed by atoms with Gasteiger partial charge in [-0.15, -0.1) is 0 Å². The number of hydrogen-bond acceptors (Lipinski definition) is 3. The Morgan fingerprint density at radius 3 is 2.78 bits per heavy atom. The molecule has 0 aromatic rings. The predicted molar refractivity (Wildman–Crippen MR) is 33.9 cm³/mol. The van der Waals surface area contributed by atoms with Crippen LogP contribution in [0.15, 0.2) is 0 Å². The third-order valence-electron chi connectivity index (χ3n) is 2.17. The molecule has 52 valence electrons. The molecule has 3 heteroatoms. The second-order valence-corrected chi connectivity index (χ2v) is 2.93. The van der Waals surface area contributed by atoms with E-state index in [4.69, 9.17) is 4.74 Å². The van der Waals surface area contributed by atoms with Crippen molar-refractivity contribution in [3.05, 3.63) is 0 Å². The first-order valence-corrected chi connectivity index (χ1v) is 3.31. The Morgan fingerprint density at radius 2 is 2.44 bits per heavy atom. The molecule has 3 atom stereocenters. The third-order valence-corrected chi connectivity index (χ3v) is 2.17. The van der Waals surface area contributed by atoms with E-state index in [0.29, 0.717) is 6.17 Å². The number of hydrogen-bond donors (Lipinski definition) is 1. The predicted octanol–water partition coefficient (Wildman–Crippen LogP) is -0.406.